The molecule has 7 heteroatoms. The monoisotopic (exact) mass is 329 g/mol. The van der Waals surface area contributed by atoms with E-state index in [1.807, 2.05) is 17.0 Å². The first-order valence-corrected chi connectivity index (χ1v) is 7.77. The average molecular weight is 329 g/mol. The van der Waals surface area contributed by atoms with Gasteiger partial charge in [-0.1, -0.05) is 12.1 Å². The molecule has 24 heavy (non-hydrogen) atoms. The number of esters is 1. The molecule has 1 unspecified atom stereocenters. The van der Waals surface area contributed by atoms with Crippen molar-refractivity contribution in [1.82, 2.24) is 9.38 Å². The molecule has 2 aromatic heterocycles. The van der Waals surface area contributed by atoms with Gasteiger partial charge >= 0.3 is 5.97 Å². The minimum Gasteiger partial charge on any atom is -0.466 e. The highest BCUT2D eigenvalue weighted by Gasteiger charge is 2.21. The lowest BCUT2D eigenvalue weighted by Crippen LogP contribution is -2.43. The second kappa shape index (κ2) is 7.27. The Balaban J connectivity index is 1.74. The van der Waals surface area contributed by atoms with Crippen LogP contribution in [-0.4, -0.2) is 48.3 Å². The number of aromatic nitrogens is 2. The second-order valence-electron chi connectivity index (χ2n) is 5.48. The molecule has 0 radical (unpaired) electrons. The van der Waals surface area contributed by atoms with Crippen LogP contribution in [0.5, 0.6) is 0 Å². The Hall–Kier alpha value is -2.67. The van der Waals surface area contributed by atoms with Crippen molar-refractivity contribution in [2.75, 3.05) is 31.7 Å². The number of hydrogen-bond acceptors (Lipinski definition) is 6. The number of methoxy groups -OCH3 is 1. The molecular weight excluding hydrogens is 310 g/mol. The fourth-order valence-electron chi connectivity index (χ4n) is 2.66. The van der Waals surface area contributed by atoms with Gasteiger partial charge in [0, 0.05) is 31.4 Å². The second-order valence-corrected chi connectivity index (χ2v) is 5.48. The van der Waals surface area contributed by atoms with Gasteiger partial charge in [-0.15, -0.1) is 0 Å². The lowest BCUT2D eigenvalue weighted by atomic mass is 10.2. The molecule has 1 aliphatic heterocycles. The number of anilines is 1. The van der Waals surface area contributed by atoms with Gasteiger partial charge in [-0.2, -0.15) is 0 Å². The summed E-state index contributed by atoms with van der Waals surface area (Å²) in [6.45, 7) is 1.83. The molecule has 1 fully saturated rings. The summed E-state index contributed by atoms with van der Waals surface area (Å²) in [5.41, 5.74) is 0.512. The highest BCUT2D eigenvalue weighted by atomic mass is 16.5. The largest absolute Gasteiger partial charge is 0.466 e. The molecule has 2 aromatic rings. The third-order valence-electron chi connectivity index (χ3n) is 3.87. The van der Waals surface area contributed by atoms with Gasteiger partial charge in [0.1, 0.15) is 11.5 Å². The number of ether oxygens (including phenoxy) is 2. The van der Waals surface area contributed by atoms with Gasteiger partial charge in [0.05, 0.1) is 19.8 Å². The lowest BCUT2D eigenvalue weighted by molar-refractivity contribution is -0.134. The molecule has 126 valence electrons. The molecule has 0 N–H and O–H groups in total. The van der Waals surface area contributed by atoms with Crippen molar-refractivity contribution in [1.29, 1.82) is 0 Å². The molecule has 0 saturated carbocycles. The fraction of sp³-hybridized carbons (Fsp3) is 0.353. The number of fused-ring (bicyclic) bond motifs is 1. The van der Waals surface area contributed by atoms with Crippen molar-refractivity contribution in [3.05, 3.63) is 53.0 Å². The molecule has 7 nitrogen and oxygen atoms in total. The van der Waals surface area contributed by atoms with Gasteiger partial charge in [0.25, 0.3) is 5.56 Å². The van der Waals surface area contributed by atoms with E-state index in [0.29, 0.717) is 37.6 Å². The predicted molar refractivity (Wildman–Crippen MR) is 89.2 cm³/mol. The van der Waals surface area contributed by atoms with E-state index in [-0.39, 0.29) is 17.6 Å². The number of rotatable bonds is 4. The molecule has 1 saturated heterocycles. The number of pyridine rings is 1. The van der Waals surface area contributed by atoms with E-state index < -0.39 is 0 Å². The molecule has 3 rings (SSSR count). The first-order chi connectivity index (χ1) is 11.7. The quantitative estimate of drug-likeness (QED) is 0.616. The molecule has 0 aromatic carbocycles. The van der Waals surface area contributed by atoms with Crippen LogP contribution in [0.25, 0.3) is 5.65 Å². The molecule has 0 bridgehead atoms. The van der Waals surface area contributed by atoms with Crippen molar-refractivity contribution in [2.24, 2.45) is 0 Å². The summed E-state index contributed by atoms with van der Waals surface area (Å²) in [5.74, 6) is 0.267. The van der Waals surface area contributed by atoms with Gasteiger partial charge < -0.3 is 14.4 Å². The Bertz CT molecular complexity index is 815. The summed E-state index contributed by atoms with van der Waals surface area (Å²) in [6.07, 6.45) is 5.37. The number of nitrogens with zero attached hydrogens (tertiary/aromatic N) is 3. The normalized spacial score (nSPS) is 18.2. The highest BCUT2D eigenvalue weighted by Crippen LogP contribution is 2.16. The van der Waals surface area contributed by atoms with E-state index in [1.165, 1.54) is 17.6 Å². The van der Waals surface area contributed by atoms with Crippen LogP contribution in [0.4, 0.5) is 5.82 Å². The fourth-order valence-corrected chi connectivity index (χ4v) is 2.66. The average Bonchev–Trinajstić information content (AvgIpc) is 2.62. The lowest BCUT2D eigenvalue weighted by Gasteiger charge is -2.33. The van der Waals surface area contributed by atoms with Crippen LogP contribution in [0.2, 0.25) is 0 Å². The Morgan fingerprint density at radius 3 is 3.21 bits per heavy atom. The molecule has 0 amide bonds. The molecular formula is C17H19N3O4. The summed E-state index contributed by atoms with van der Waals surface area (Å²) >= 11 is 0. The summed E-state index contributed by atoms with van der Waals surface area (Å²) in [4.78, 5) is 29.9. The standard InChI is InChI=1S/C17H19N3O4/c1-23-17(22)7-4-5-13-12-19(9-10-24-13)15-11-16(21)20-8-3-2-6-14(20)18-15/h2-4,6-8,11,13H,5,9-10,12H2,1H3/b7-4+. The van der Waals surface area contributed by atoms with Crippen molar-refractivity contribution in [3.8, 4) is 0 Å². The minimum absolute atomic E-state index is 0.0596. The Kier molecular flexibility index (Phi) is 4.90. The maximum atomic E-state index is 12.2. The van der Waals surface area contributed by atoms with Crippen LogP contribution >= 0.6 is 0 Å². The Labute approximate surface area is 139 Å². The number of morpholine rings is 1. The zero-order valence-corrected chi connectivity index (χ0v) is 13.4. The van der Waals surface area contributed by atoms with Crippen molar-refractivity contribution < 1.29 is 14.3 Å². The summed E-state index contributed by atoms with van der Waals surface area (Å²) < 4.78 is 11.8. The third-order valence-corrected chi connectivity index (χ3v) is 3.87. The van der Waals surface area contributed by atoms with Crippen LogP contribution in [0.3, 0.4) is 0 Å². The van der Waals surface area contributed by atoms with E-state index in [2.05, 4.69) is 9.72 Å². The predicted octanol–water partition coefficient (Wildman–Crippen LogP) is 1.02. The van der Waals surface area contributed by atoms with Gasteiger partial charge in [-0.3, -0.25) is 9.20 Å². The topological polar surface area (TPSA) is 73.1 Å². The van der Waals surface area contributed by atoms with Crippen LogP contribution in [0.15, 0.2) is 47.4 Å². The number of carbonyl (C=O) groups is 1. The van der Waals surface area contributed by atoms with Gasteiger partial charge in [-0.05, 0) is 18.6 Å². The van der Waals surface area contributed by atoms with E-state index in [4.69, 9.17) is 4.74 Å². The first-order valence-electron chi connectivity index (χ1n) is 7.77. The minimum atomic E-state index is -0.383. The van der Waals surface area contributed by atoms with E-state index in [1.54, 1.807) is 24.4 Å². The zero-order chi connectivity index (χ0) is 16.9. The maximum absolute atomic E-state index is 12.2. The van der Waals surface area contributed by atoms with Crippen molar-refractivity contribution in [3.63, 3.8) is 0 Å². The van der Waals surface area contributed by atoms with Crippen LogP contribution < -0.4 is 10.5 Å². The van der Waals surface area contributed by atoms with Crippen molar-refractivity contribution >= 4 is 17.4 Å². The molecule has 3 heterocycles. The molecule has 1 atom stereocenters. The zero-order valence-electron chi connectivity index (χ0n) is 13.4. The van der Waals surface area contributed by atoms with E-state index in [0.717, 1.165) is 0 Å². The maximum Gasteiger partial charge on any atom is 0.330 e. The SMILES string of the molecule is COC(=O)/C=C/CC1CN(c2cc(=O)n3ccccc3n2)CCO1. The van der Waals surface area contributed by atoms with Gasteiger partial charge in [0.2, 0.25) is 0 Å². The summed E-state index contributed by atoms with van der Waals surface area (Å²) in [7, 11) is 1.34. The first kappa shape index (κ1) is 16.2. The Morgan fingerprint density at radius 2 is 2.38 bits per heavy atom. The van der Waals surface area contributed by atoms with E-state index in [9.17, 15) is 9.59 Å². The van der Waals surface area contributed by atoms with Gasteiger partial charge in [-0.25, -0.2) is 9.78 Å². The molecule has 1 aliphatic rings. The van der Waals surface area contributed by atoms with Crippen molar-refractivity contribution in [2.45, 2.75) is 12.5 Å². The Morgan fingerprint density at radius 1 is 1.50 bits per heavy atom. The molecule has 0 aliphatic carbocycles. The van der Waals surface area contributed by atoms with E-state index >= 15 is 0 Å². The molecule has 0 spiro atoms. The number of carbonyl (C=O) groups excluding carboxylic acids is 1. The smallest absolute Gasteiger partial charge is 0.330 e. The van der Waals surface area contributed by atoms with Crippen LogP contribution in [0.1, 0.15) is 6.42 Å². The highest BCUT2D eigenvalue weighted by molar-refractivity contribution is 5.81. The third kappa shape index (κ3) is 3.62. The van der Waals surface area contributed by atoms with Gasteiger partial charge in [0.15, 0.2) is 0 Å². The van der Waals surface area contributed by atoms with Crippen LogP contribution in [-0.2, 0) is 14.3 Å². The summed E-state index contributed by atoms with van der Waals surface area (Å²) in [5, 5.41) is 0. The summed E-state index contributed by atoms with van der Waals surface area (Å²) in [6, 6.07) is 7.00. The van der Waals surface area contributed by atoms with Crippen LogP contribution in [0, 0.1) is 0 Å². The number of hydrogen-bond donors (Lipinski definition) is 0.